The van der Waals surface area contributed by atoms with Crippen LogP contribution in [0.2, 0.25) is 5.02 Å². The fraction of sp³-hybridized carbons (Fsp3) is 0.312. The van der Waals surface area contributed by atoms with Crippen molar-refractivity contribution in [3.63, 3.8) is 0 Å². The van der Waals surface area contributed by atoms with Crippen molar-refractivity contribution < 1.29 is 9.47 Å². The molecule has 5 heteroatoms. The van der Waals surface area contributed by atoms with Crippen molar-refractivity contribution in [1.29, 1.82) is 0 Å². The number of nitrogens with one attached hydrogen (secondary N) is 1. The van der Waals surface area contributed by atoms with Crippen molar-refractivity contribution in [2.45, 2.75) is 20.0 Å². The Kier molecular flexibility index (Phi) is 5.84. The molecule has 1 heterocycles. The summed E-state index contributed by atoms with van der Waals surface area (Å²) in [6.45, 7) is 3.91. The first kappa shape index (κ1) is 15.6. The molecule has 1 aromatic heterocycles. The average Bonchev–Trinajstić information content (AvgIpc) is 2.51. The van der Waals surface area contributed by atoms with Crippen LogP contribution in [0.3, 0.4) is 0 Å². The molecular weight excluding hydrogens is 288 g/mol. The predicted molar refractivity (Wildman–Crippen MR) is 84.0 cm³/mol. The molecule has 112 valence electrons. The van der Waals surface area contributed by atoms with E-state index in [1.807, 2.05) is 37.4 Å². The number of methoxy groups -OCH3 is 1. The average molecular weight is 307 g/mol. The first-order chi connectivity index (χ1) is 10.2. The van der Waals surface area contributed by atoms with Crippen molar-refractivity contribution in [3.8, 4) is 11.5 Å². The van der Waals surface area contributed by atoms with E-state index in [-0.39, 0.29) is 0 Å². The smallest absolute Gasteiger partial charge is 0.179 e. The molecule has 0 aliphatic carbocycles. The molecule has 0 amide bonds. The molecule has 2 aromatic rings. The maximum atomic E-state index is 6.25. The number of ether oxygens (including phenoxy) is 2. The Balaban J connectivity index is 2.02. The van der Waals surface area contributed by atoms with E-state index < -0.39 is 0 Å². The first-order valence-corrected chi connectivity index (χ1v) is 7.21. The van der Waals surface area contributed by atoms with Crippen LogP contribution in [0.15, 0.2) is 36.7 Å². The summed E-state index contributed by atoms with van der Waals surface area (Å²) >= 11 is 6.25. The lowest BCUT2D eigenvalue weighted by Crippen LogP contribution is -2.13. The minimum atomic E-state index is 0.550. The number of nitrogens with zero attached hydrogens (tertiary/aromatic N) is 1. The first-order valence-electron chi connectivity index (χ1n) is 6.83. The van der Waals surface area contributed by atoms with Crippen molar-refractivity contribution >= 4 is 11.6 Å². The fourth-order valence-corrected chi connectivity index (χ4v) is 2.30. The van der Waals surface area contributed by atoms with Gasteiger partial charge in [-0.3, -0.25) is 4.98 Å². The third-order valence-electron chi connectivity index (χ3n) is 2.96. The summed E-state index contributed by atoms with van der Waals surface area (Å²) in [6, 6.07) is 7.79. The molecule has 0 saturated heterocycles. The Labute approximate surface area is 130 Å². The van der Waals surface area contributed by atoms with Gasteiger partial charge in [-0.25, -0.2) is 0 Å². The van der Waals surface area contributed by atoms with E-state index in [0.29, 0.717) is 29.7 Å². The SMILES string of the molecule is CCOc1c(Cl)cc(CNCc2cccnc2)cc1OC. The second-order valence-corrected chi connectivity index (χ2v) is 4.91. The molecule has 0 unspecified atom stereocenters. The van der Waals surface area contributed by atoms with E-state index in [0.717, 1.165) is 17.7 Å². The normalized spacial score (nSPS) is 10.4. The molecule has 0 radical (unpaired) electrons. The van der Waals surface area contributed by atoms with Crippen molar-refractivity contribution in [2.75, 3.05) is 13.7 Å². The number of benzene rings is 1. The topological polar surface area (TPSA) is 43.4 Å². The van der Waals surface area contributed by atoms with Crippen LogP contribution < -0.4 is 14.8 Å². The van der Waals surface area contributed by atoms with E-state index in [1.54, 1.807) is 13.3 Å². The van der Waals surface area contributed by atoms with E-state index in [9.17, 15) is 0 Å². The quantitative estimate of drug-likeness (QED) is 0.851. The molecular formula is C16H19ClN2O2. The molecule has 1 N–H and O–H groups in total. The van der Waals surface area contributed by atoms with Gasteiger partial charge in [0.2, 0.25) is 0 Å². The van der Waals surface area contributed by atoms with Crippen LogP contribution in [0.5, 0.6) is 11.5 Å². The minimum absolute atomic E-state index is 0.550. The van der Waals surface area contributed by atoms with Crippen LogP contribution in [0.25, 0.3) is 0 Å². The summed E-state index contributed by atoms with van der Waals surface area (Å²) in [7, 11) is 1.61. The fourth-order valence-electron chi connectivity index (χ4n) is 2.01. The van der Waals surface area contributed by atoms with Gasteiger partial charge in [0.15, 0.2) is 11.5 Å². The van der Waals surface area contributed by atoms with Crippen LogP contribution in [0.4, 0.5) is 0 Å². The molecule has 1 aromatic carbocycles. The number of halogens is 1. The Morgan fingerprint density at radius 3 is 2.71 bits per heavy atom. The summed E-state index contributed by atoms with van der Waals surface area (Å²) in [6.07, 6.45) is 3.61. The molecule has 0 aliphatic heterocycles. The van der Waals surface area contributed by atoms with Crippen LogP contribution in [0.1, 0.15) is 18.1 Å². The number of aromatic nitrogens is 1. The minimum Gasteiger partial charge on any atom is -0.493 e. The lowest BCUT2D eigenvalue weighted by atomic mass is 10.2. The highest BCUT2D eigenvalue weighted by atomic mass is 35.5. The second kappa shape index (κ2) is 7.86. The molecule has 0 aliphatic rings. The molecule has 0 atom stereocenters. The summed E-state index contributed by atoms with van der Waals surface area (Å²) in [4.78, 5) is 4.09. The zero-order valence-electron chi connectivity index (χ0n) is 12.2. The van der Waals surface area contributed by atoms with E-state index in [1.165, 1.54) is 0 Å². The van der Waals surface area contributed by atoms with Crippen molar-refractivity contribution in [1.82, 2.24) is 10.3 Å². The Hall–Kier alpha value is -1.78. The third kappa shape index (κ3) is 4.34. The van der Waals surface area contributed by atoms with Crippen molar-refractivity contribution in [3.05, 3.63) is 52.8 Å². The molecule has 4 nitrogen and oxygen atoms in total. The van der Waals surface area contributed by atoms with E-state index in [4.69, 9.17) is 21.1 Å². The lowest BCUT2D eigenvalue weighted by molar-refractivity contribution is 0.311. The van der Waals surface area contributed by atoms with Gasteiger partial charge >= 0.3 is 0 Å². The van der Waals surface area contributed by atoms with Gasteiger partial charge in [-0.15, -0.1) is 0 Å². The van der Waals surface area contributed by atoms with Gasteiger partial charge in [0, 0.05) is 25.5 Å². The van der Waals surface area contributed by atoms with Gasteiger partial charge < -0.3 is 14.8 Å². The lowest BCUT2D eigenvalue weighted by Gasteiger charge is -2.13. The van der Waals surface area contributed by atoms with E-state index in [2.05, 4.69) is 10.3 Å². The standard InChI is InChI=1S/C16H19ClN2O2/c1-3-21-16-14(17)7-13(8-15(16)20-2)11-19-10-12-5-4-6-18-9-12/h4-9,19H,3,10-11H2,1-2H3. The van der Waals surface area contributed by atoms with Gasteiger partial charge in [-0.05, 0) is 36.2 Å². The summed E-state index contributed by atoms with van der Waals surface area (Å²) in [5, 5.41) is 3.92. The maximum absolute atomic E-state index is 6.25. The second-order valence-electron chi connectivity index (χ2n) is 4.51. The third-order valence-corrected chi connectivity index (χ3v) is 3.24. The van der Waals surface area contributed by atoms with Gasteiger partial charge in [-0.2, -0.15) is 0 Å². The molecule has 2 rings (SSSR count). The number of rotatable bonds is 7. The molecule has 0 saturated carbocycles. The van der Waals surface area contributed by atoms with Crippen LogP contribution in [-0.4, -0.2) is 18.7 Å². The van der Waals surface area contributed by atoms with Crippen LogP contribution in [0, 0.1) is 0 Å². The van der Waals surface area contributed by atoms with Gasteiger partial charge in [-0.1, -0.05) is 17.7 Å². The monoisotopic (exact) mass is 306 g/mol. The van der Waals surface area contributed by atoms with Crippen LogP contribution in [-0.2, 0) is 13.1 Å². The highest BCUT2D eigenvalue weighted by molar-refractivity contribution is 6.32. The summed E-state index contributed by atoms with van der Waals surface area (Å²) in [5.41, 5.74) is 2.19. The maximum Gasteiger partial charge on any atom is 0.179 e. The molecule has 0 spiro atoms. The molecule has 0 fully saturated rings. The Bertz CT molecular complexity index is 576. The summed E-state index contributed by atoms with van der Waals surface area (Å²) in [5.74, 6) is 1.25. The van der Waals surface area contributed by atoms with Gasteiger partial charge in [0.05, 0.1) is 18.7 Å². The Morgan fingerprint density at radius 1 is 1.24 bits per heavy atom. The Morgan fingerprint density at radius 2 is 2.05 bits per heavy atom. The predicted octanol–water partition coefficient (Wildman–Crippen LogP) is 3.43. The number of hydrogen-bond acceptors (Lipinski definition) is 4. The van der Waals surface area contributed by atoms with Gasteiger partial charge in [0.1, 0.15) is 0 Å². The van der Waals surface area contributed by atoms with Crippen molar-refractivity contribution in [2.24, 2.45) is 0 Å². The van der Waals surface area contributed by atoms with E-state index >= 15 is 0 Å². The largest absolute Gasteiger partial charge is 0.493 e. The molecule has 0 bridgehead atoms. The number of hydrogen-bond donors (Lipinski definition) is 1. The number of pyridine rings is 1. The summed E-state index contributed by atoms with van der Waals surface area (Å²) < 4.78 is 10.8. The van der Waals surface area contributed by atoms with Crippen LogP contribution >= 0.6 is 11.6 Å². The molecule has 21 heavy (non-hydrogen) atoms. The zero-order valence-corrected chi connectivity index (χ0v) is 13.0. The van der Waals surface area contributed by atoms with Gasteiger partial charge in [0.25, 0.3) is 0 Å². The highest BCUT2D eigenvalue weighted by Crippen LogP contribution is 2.36. The highest BCUT2D eigenvalue weighted by Gasteiger charge is 2.11. The zero-order chi connectivity index (χ0) is 15.1.